The molecule has 0 aliphatic carbocycles. The first-order valence-electron chi connectivity index (χ1n) is 12.9. The van der Waals surface area contributed by atoms with E-state index in [1.165, 1.54) is 0 Å². The number of hydrogen-bond donors (Lipinski definition) is 0. The molecule has 1 aromatic heterocycles. The minimum atomic E-state index is 0.0575. The van der Waals surface area contributed by atoms with Crippen LogP contribution in [0, 0.1) is 6.92 Å². The second kappa shape index (κ2) is 10.1. The lowest BCUT2D eigenvalue weighted by Crippen LogP contribution is -2.29. The molecular formula is C31H28N2O4S. The molecule has 0 saturated carbocycles. The molecule has 3 heterocycles. The lowest BCUT2D eigenvalue weighted by molar-refractivity contribution is -0.117. The van der Waals surface area contributed by atoms with E-state index in [2.05, 4.69) is 13.0 Å². The summed E-state index contributed by atoms with van der Waals surface area (Å²) in [6.45, 7) is 5.01. The van der Waals surface area contributed by atoms with E-state index in [1.807, 2.05) is 66.4 Å². The van der Waals surface area contributed by atoms with Crippen molar-refractivity contribution >= 4 is 28.7 Å². The second-order valence-electron chi connectivity index (χ2n) is 9.65. The quantitative estimate of drug-likeness (QED) is 0.298. The molecule has 0 atom stereocenters. The van der Waals surface area contributed by atoms with Gasteiger partial charge in [0, 0.05) is 34.7 Å². The summed E-state index contributed by atoms with van der Waals surface area (Å²) in [5.74, 6) is 1.57. The zero-order chi connectivity index (χ0) is 26.2. The molecule has 192 valence electrons. The average molecular weight is 525 g/mol. The summed E-state index contributed by atoms with van der Waals surface area (Å²) in [7, 11) is 0. The zero-order valence-corrected chi connectivity index (χ0v) is 22.3. The van der Waals surface area contributed by atoms with Crippen LogP contribution in [0.4, 0.5) is 5.69 Å². The maximum absolute atomic E-state index is 13.4. The van der Waals surface area contributed by atoms with Gasteiger partial charge >= 0.3 is 0 Å². The SMILES string of the molecule is CCc1ccccc1C(=O)N1CCc2cc(-c3nc(CC(=O)Cc4ccc5c(c4)OCO5)sc3C)ccc21. The van der Waals surface area contributed by atoms with Crippen molar-refractivity contribution in [3.05, 3.63) is 92.8 Å². The van der Waals surface area contributed by atoms with Gasteiger partial charge in [0.2, 0.25) is 6.79 Å². The Morgan fingerprint density at radius 1 is 1.00 bits per heavy atom. The van der Waals surface area contributed by atoms with Crippen molar-refractivity contribution in [3.8, 4) is 22.8 Å². The zero-order valence-electron chi connectivity index (χ0n) is 21.5. The van der Waals surface area contributed by atoms with Crippen molar-refractivity contribution in [2.45, 2.75) is 39.5 Å². The lowest BCUT2D eigenvalue weighted by atomic mass is 10.0. The highest BCUT2D eigenvalue weighted by molar-refractivity contribution is 7.12. The van der Waals surface area contributed by atoms with Gasteiger partial charge in [0.1, 0.15) is 10.8 Å². The number of aromatic nitrogens is 1. The molecule has 0 fully saturated rings. The summed E-state index contributed by atoms with van der Waals surface area (Å²) in [6.07, 6.45) is 2.26. The van der Waals surface area contributed by atoms with Gasteiger partial charge in [0.15, 0.2) is 11.5 Å². The predicted octanol–water partition coefficient (Wildman–Crippen LogP) is 5.97. The first kappa shape index (κ1) is 24.4. The molecule has 0 saturated heterocycles. The van der Waals surface area contributed by atoms with Crippen LogP contribution in [0.15, 0.2) is 60.7 Å². The second-order valence-corrected chi connectivity index (χ2v) is 10.9. The standard InChI is InChI=1S/C31H28N2O4S/c1-3-21-6-4-5-7-25(21)31(35)33-13-12-22-16-23(9-10-26(22)33)30-19(2)38-29(32-30)17-24(34)14-20-8-11-27-28(15-20)37-18-36-27/h4-11,15-16H,3,12-14,17-18H2,1-2H3. The molecule has 0 bridgehead atoms. The molecule has 2 aliphatic rings. The number of aryl methyl sites for hydroxylation is 2. The number of benzene rings is 3. The molecule has 3 aromatic carbocycles. The van der Waals surface area contributed by atoms with Crippen molar-refractivity contribution in [1.29, 1.82) is 0 Å². The molecule has 0 radical (unpaired) electrons. The number of rotatable bonds is 7. The molecule has 6 rings (SSSR count). The number of carbonyl (C=O) groups is 2. The maximum atomic E-state index is 13.4. The van der Waals surface area contributed by atoms with Crippen LogP contribution in [0.1, 0.15) is 43.9 Å². The summed E-state index contributed by atoms with van der Waals surface area (Å²) in [6, 6.07) is 19.7. The summed E-state index contributed by atoms with van der Waals surface area (Å²) in [4.78, 5) is 34.0. The Labute approximate surface area is 225 Å². The van der Waals surface area contributed by atoms with E-state index in [-0.39, 0.29) is 18.5 Å². The van der Waals surface area contributed by atoms with E-state index in [9.17, 15) is 9.59 Å². The van der Waals surface area contributed by atoms with Crippen molar-refractivity contribution in [2.24, 2.45) is 0 Å². The minimum Gasteiger partial charge on any atom is -0.454 e. The molecular weight excluding hydrogens is 496 g/mol. The number of amides is 1. The fraction of sp³-hybridized carbons (Fsp3) is 0.258. The Balaban J connectivity index is 1.17. The molecule has 38 heavy (non-hydrogen) atoms. The maximum Gasteiger partial charge on any atom is 0.258 e. The molecule has 0 unspecified atom stereocenters. The number of thiazole rings is 1. The largest absolute Gasteiger partial charge is 0.454 e. The van der Waals surface area contributed by atoms with Crippen LogP contribution < -0.4 is 14.4 Å². The van der Waals surface area contributed by atoms with E-state index in [1.54, 1.807) is 11.3 Å². The molecule has 4 aromatic rings. The summed E-state index contributed by atoms with van der Waals surface area (Å²) >= 11 is 1.57. The van der Waals surface area contributed by atoms with Crippen molar-refractivity contribution in [1.82, 2.24) is 4.98 Å². The summed E-state index contributed by atoms with van der Waals surface area (Å²) in [5.41, 5.74) is 6.81. The lowest BCUT2D eigenvalue weighted by Gasteiger charge is -2.19. The van der Waals surface area contributed by atoms with E-state index < -0.39 is 0 Å². The molecule has 0 spiro atoms. The van der Waals surface area contributed by atoms with Crippen molar-refractivity contribution in [3.63, 3.8) is 0 Å². The average Bonchev–Trinajstić information content (AvgIpc) is 3.65. The van der Waals surface area contributed by atoms with E-state index in [0.29, 0.717) is 30.9 Å². The highest BCUT2D eigenvalue weighted by Crippen LogP contribution is 2.36. The number of fused-ring (bicyclic) bond motifs is 2. The topological polar surface area (TPSA) is 68.7 Å². The van der Waals surface area contributed by atoms with E-state index in [4.69, 9.17) is 14.5 Å². The van der Waals surface area contributed by atoms with Crippen LogP contribution in [0.5, 0.6) is 11.5 Å². The molecule has 2 aliphatic heterocycles. The van der Waals surface area contributed by atoms with Gasteiger partial charge in [0.25, 0.3) is 5.91 Å². The highest BCUT2D eigenvalue weighted by Gasteiger charge is 2.27. The minimum absolute atomic E-state index is 0.0575. The van der Waals surface area contributed by atoms with Crippen LogP contribution in [0.25, 0.3) is 11.3 Å². The Hall–Kier alpha value is -3.97. The fourth-order valence-electron chi connectivity index (χ4n) is 5.25. The molecule has 0 N–H and O–H groups in total. The first-order valence-corrected chi connectivity index (χ1v) is 13.7. The van der Waals surface area contributed by atoms with Crippen LogP contribution in [-0.2, 0) is 30.5 Å². The smallest absolute Gasteiger partial charge is 0.258 e. The first-order chi connectivity index (χ1) is 18.5. The third-order valence-electron chi connectivity index (χ3n) is 7.15. The van der Waals surface area contributed by atoms with Crippen LogP contribution >= 0.6 is 11.3 Å². The van der Waals surface area contributed by atoms with Crippen LogP contribution in [-0.4, -0.2) is 30.0 Å². The van der Waals surface area contributed by atoms with Crippen LogP contribution in [0.3, 0.4) is 0 Å². The third kappa shape index (κ3) is 4.58. The molecule has 6 nitrogen and oxygen atoms in total. The van der Waals surface area contributed by atoms with Gasteiger partial charge in [-0.25, -0.2) is 4.98 Å². The Morgan fingerprint density at radius 2 is 1.84 bits per heavy atom. The van der Waals surface area contributed by atoms with Gasteiger partial charge in [-0.1, -0.05) is 37.3 Å². The summed E-state index contributed by atoms with van der Waals surface area (Å²) in [5, 5.41) is 0.816. The van der Waals surface area contributed by atoms with E-state index in [0.717, 1.165) is 61.9 Å². The fourth-order valence-corrected chi connectivity index (χ4v) is 6.23. The Morgan fingerprint density at radius 3 is 2.71 bits per heavy atom. The summed E-state index contributed by atoms with van der Waals surface area (Å²) < 4.78 is 10.8. The normalized spacial score (nSPS) is 13.6. The van der Waals surface area contributed by atoms with Crippen LogP contribution in [0.2, 0.25) is 0 Å². The number of ether oxygens (including phenoxy) is 2. The van der Waals surface area contributed by atoms with Gasteiger partial charge < -0.3 is 14.4 Å². The number of anilines is 1. The number of carbonyl (C=O) groups excluding carboxylic acids is 2. The van der Waals surface area contributed by atoms with Gasteiger partial charge in [-0.2, -0.15) is 0 Å². The monoisotopic (exact) mass is 524 g/mol. The van der Waals surface area contributed by atoms with Gasteiger partial charge in [-0.05, 0) is 66.8 Å². The van der Waals surface area contributed by atoms with Gasteiger partial charge in [-0.15, -0.1) is 11.3 Å². The van der Waals surface area contributed by atoms with Gasteiger partial charge in [0.05, 0.1) is 12.1 Å². The van der Waals surface area contributed by atoms with Crippen molar-refractivity contribution < 1.29 is 19.1 Å². The molecule has 7 heteroatoms. The highest BCUT2D eigenvalue weighted by atomic mass is 32.1. The molecule has 1 amide bonds. The van der Waals surface area contributed by atoms with Crippen molar-refractivity contribution in [2.75, 3.05) is 18.2 Å². The Kier molecular flexibility index (Phi) is 6.45. The van der Waals surface area contributed by atoms with Gasteiger partial charge in [-0.3, -0.25) is 9.59 Å². The van der Waals surface area contributed by atoms with E-state index >= 15 is 0 Å². The number of ketones is 1. The number of nitrogens with zero attached hydrogens (tertiary/aromatic N) is 2. The Bertz CT molecular complexity index is 1560. The predicted molar refractivity (Wildman–Crippen MR) is 148 cm³/mol. The number of Topliss-reactive ketones (excluding diaryl/α,β-unsaturated/α-hetero) is 1. The number of hydrogen-bond acceptors (Lipinski definition) is 6. The third-order valence-corrected chi connectivity index (χ3v) is 8.12.